The topological polar surface area (TPSA) is 46.4 Å². The van der Waals surface area contributed by atoms with Crippen LogP contribution in [0.5, 0.6) is 0 Å². The van der Waals surface area contributed by atoms with E-state index in [2.05, 4.69) is 34.2 Å². The summed E-state index contributed by atoms with van der Waals surface area (Å²) in [6, 6.07) is 14.7. The Bertz CT molecular complexity index is 1120. The number of para-hydroxylation sites is 1. The Labute approximate surface area is 175 Å². The van der Waals surface area contributed by atoms with Gasteiger partial charge < -0.3 is 4.57 Å². The van der Waals surface area contributed by atoms with Crippen molar-refractivity contribution in [2.75, 3.05) is 0 Å². The lowest BCUT2D eigenvalue weighted by atomic mass is 9.90. The molecular weight excluding hydrogens is 377 g/mol. The fourth-order valence-corrected chi connectivity index (χ4v) is 5.38. The quantitative estimate of drug-likeness (QED) is 0.467. The van der Waals surface area contributed by atoms with Gasteiger partial charge in [-0.05, 0) is 47.9 Å². The van der Waals surface area contributed by atoms with Crippen molar-refractivity contribution in [3.8, 4) is 0 Å². The summed E-state index contributed by atoms with van der Waals surface area (Å²) < 4.78 is 15.3. The number of hydrogen-bond acceptors (Lipinski definition) is 2. The van der Waals surface area contributed by atoms with Gasteiger partial charge in [-0.15, -0.1) is 0 Å². The van der Waals surface area contributed by atoms with Crippen LogP contribution in [0.3, 0.4) is 0 Å². The molecule has 3 atom stereocenters. The van der Waals surface area contributed by atoms with E-state index in [-0.39, 0.29) is 23.1 Å². The molecule has 2 aromatic carbocycles. The molecule has 30 heavy (non-hydrogen) atoms. The number of halogens is 1. The first-order valence-corrected chi connectivity index (χ1v) is 10.7. The van der Waals surface area contributed by atoms with Gasteiger partial charge in [-0.3, -0.25) is 4.79 Å². The Hall–Kier alpha value is -2.95. The van der Waals surface area contributed by atoms with E-state index in [0.29, 0.717) is 12.5 Å². The van der Waals surface area contributed by atoms with Gasteiger partial charge in [-0.25, -0.2) is 9.82 Å². The van der Waals surface area contributed by atoms with Crippen LogP contribution in [0.15, 0.2) is 59.8 Å². The van der Waals surface area contributed by atoms with Crippen LogP contribution in [0.4, 0.5) is 4.39 Å². The molecule has 2 fully saturated rings. The summed E-state index contributed by atoms with van der Waals surface area (Å²) in [6.07, 6.45) is 8.54. The maximum atomic E-state index is 13.2. The normalized spacial score (nSPS) is 25.4. The molecule has 0 spiro atoms. The van der Waals surface area contributed by atoms with Crippen LogP contribution in [0.25, 0.3) is 10.9 Å². The molecule has 2 aliphatic rings. The molecule has 4 nitrogen and oxygen atoms in total. The van der Waals surface area contributed by atoms with Gasteiger partial charge in [-0.1, -0.05) is 50.1 Å². The Morgan fingerprint density at radius 3 is 2.80 bits per heavy atom. The van der Waals surface area contributed by atoms with Gasteiger partial charge in [0.2, 0.25) is 5.91 Å². The number of amides is 1. The van der Waals surface area contributed by atoms with Crippen LogP contribution in [-0.4, -0.2) is 16.7 Å². The lowest BCUT2D eigenvalue weighted by Gasteiger charge is -2.15. The molecule has 0 bridgehead atoms. The molecule has 0 radical (unpaired) electrons. The van der Waals surface area contributed by atoms with Crippen LogP contribution < -0.4 is 5.43 Å². The fourth-order valence-electron chi connectivity index (χ4n) is 5.38. The number of hydrazone groups is 1. The number of carbonyl (C=O) groups excluding carboxylic acids is 1. The molecule has 0 aliphatic heterocycles. The van der Waals surface area contributed by atoms with Crippen molar-refractivity contribution in [2.24, 2.45) is 22.4 Å². The molecule has 3 aromatic rings. The predicted molar refractivity (Wildman–Crippen MR) is 117 cm³/mol. The van der Waals surface area contributed by atoms with Crippen molar-refractivity contribution in [1.82, 2.24) is 9.99 Å². The molecule has 154 valence electrons. The Morgan fingerprint density at radius 1 is 1.23 bits per heavy atom. The highest BCUT2D eigenvalue weighted by atomic mass is 19.1. The molecule has 1 heterocycles. The molecular formula is C25H26FN3O. The fraction of sp³-hybridized carbons (Fsp3) is 0.360. The van der Waals surface area contributed by atoms with E-state index in [9.17, 15) is 9.18 Å². The molecule has 2 saturated carbocycles. The van der Waals surface area contributed by atoms with Gasteiger partial charge in [-0.2, -0.15) is 5.10 Å². The second-order valence-electron chi connectivity index (χ2n) is 8.93. The summed E-state index contributed by atoms with van der Waals surface area (Å²) in [4.78, 5) is 12.6. The Kier molecular flexibility index (Phi) is 4.69. The molecule has 5 heteroatoms. The summed E-state index contributed by atoms with van der Waals surface area (Å²) in [5.41, 5.74) is 6.02. The minimum absolute atomic E-state index is 0.0516. The third-order valence-electron chi connectivity index (χ3n) is 7.08. The predicted octanol–water partition coefficient (Wildman–Crippen LogP) is 5.11. The monoisotopic (exact) mass is 403 g/mol. The summed E-state index contributed by atoms with van der Waals surface area (Å²) in [7, 11) is 0. The van der Waals surface area contributed by atoms with Crippen LogP contribution >= 0.6 is 0 Å². The summed E-state index contributed by atoms with van der Waals surface area (Å²) in [5.74, 6) is 0.454. The third kappa shape index (κ3) is 3.32. The number of hydrogen-bond donors (Lipinski definition) is 1. The zero-order valence-electron chi connectivity index (χ0n) is 17.1. The maximum absolute atomic E-state index is 13.2. The van der Waals surface area contributed by atoms with Gasteiger partial charge in [0.05, 0.1) is 6.21 Å². The molecule has 0 saturated heterocycles. The highest BCUT2D eigenvalue weighted by Crippen LogP contribution is 2.66. The van der Waals surface area contributed by atoms with Crippen molar-refractivity contribution < 1.29 is 9.18 Å². The van der Waals surface area contributed by atoms with Gasteiger partial charge in [0.15, 0.2) is 0 Å². The average molecular weight is 404 g/mol. The van der Waals surface area contributed by atoms with Crippen molar-refractivity contribution in [2.45, 2.75) is 39.2 Å². The first kappa shape index (κ1) is 19.0. The van der Waals surface area contributed by atoms with Crippen molar-refractivity contribution >= 4 is 23.0 Å². The SMILES string of the molecule is C[C@]12CCCC[C@H]1[C@@H]2C(=O)N/N=C\c1cn(Cc2ccc(F)cc2)c2ccccc12. The average Bonchev–Trinajstić information content (AvgIpc) is 3.25. The molecule has 5 rings (SSSR count). The van der Waals surface area contributed by atoms with Crippen molar-refractivity contribution in [3.63, 3.8) is 0 Å². The van der Waals surface area contributed by atoms with Gasteiger partial charge in [0.1, 0.15) is 5.82 Å². The van der Waals surface area contributed by atoms with Crippen LogP contribution in [0.1, 0.15) is 43.7 Å². The molecule has 0 unspecified atom stereocenters. The molecule has 1 N–H and O–H groups in total. The second-order valence-corrected chi connectivity index (χ2v) is 8.93. The van der Waals surface area contributed by atoms with Gasteiger partial charge >= 0.3 is 0 Å². The molecule has 1 aromatic heterocycles. The minimum atomic E-state index is -0.232. The summed E-state index contributed by atoms with van der Waals surface area (Å²) >= 11 is 0. The standard InChI is InChI=1S/C25H26FN3O/c1-25-13-5-4-7-21(25)23(25)24(30)28-27-14-18-16-29(22-8-3-2-6-20(18)22)15-17-9-11-19(26)12-10-17/h2-3,6,8-12,14,16,21,23H,4-5,7,13,15H2,1H3,(H,28,30)/b27-14-/t21-,23+,25-/m0/s1. The summed E-state index contributed by atoms with van der Waals surface area (Å²) in [5, 5.41) is 5.36. The van der Waals surface area contributed by atoms with E-state index in [1.54, 1.807) is 18.3 Å². The minimum Gasteiger partial charge on any atom is -0.342 e. The number of nitrogens with one attached hydrogen (secondary N) is 1. The number of nitrogens with zero attached hydrogens (tertiary/aromatic N) is 2. The number of rotatable bonds is 5. The molecule has 1 amide bonds. The van der Waals surface area contributed by atoms with E-state index in [4.69, 9.17) is 0 Å². The zero-order valence-corrected chi connectivity index (χ0v) is 17.1. The highest BCUT2D eigenvalue weighted by molar-refractivity contribution is 5.99. The van der Waals surface area contributed by atoms with E-state index >= 15 is 0 Å². The Balaban J connectivity index is 1.33. The van der Waals surface area contributed by atoms with Crippen molar-refractivity contribution in [3.05, 3.63) is 71.7 Å². The maximum Gasteiger partial charge on any atom is 0.244 e. The lowest BCUT2D eigenvalue weighted by Crippen LogP contribution is -2.22. The zero-order chi connectivity index (χ0) is 20.7. The van der Waals surface area contributed by atoms with E-state index in [1.165, 1.54) is 25.0 Å². The van der Waals surface area contributed by atoms with Crippen LogP contribution in [0.2, 0.25) is 0 Å². The number of carbonyl (C=O) groups is 1. The number of aromatic nitrogens is 1. The molecule has 2 aliphatic carbocycles. The van der Waals surface area contributed by atoms with Gasteiger partial charge in [0.25, 0.3) is 0 Å². The first-order chi connectivity index (χ1) is 14.6. The van der Waals surface area contributed by atoms with Gasteiger partial charge in [0, 0.05) is 35.1 Å². The lowest BCUT2D eigenvalue weighted by molar-refractivity contribution is -0.123. The number of fused-ring (bicyclic) bond motifs is 2. The van der Waals surface area contributed by atoms with Crippen molar-refractivity contribution in [1.29, 1.82) is 0 Å². The van der Waals surface area contributed by atoms with E-state index in [1.807, 2.05) is 18.3 Å². The highest BCUT2D eigenvalue weighted by Gasteiger charge is 2.64. The smallest absolute Gasteiger partial charge is 0.244 e. The van der Waals surface area contributed by atoms with E-state index < -0.39 is 0 Å². The van der Waals surface area contributed by atoms with Crippen LogP contribution in [-0.2, 0) is 11.3 Å². The second kappa shape index (κ2) is 7.38. The van der Waals surface area contributed by atoms with E-state index in [0.717, 1.165) is 34.9 Å². The number of benzene rings is 2. The Morgan fingerprint density at radius 2 is 2.03 bits per heavy atom. The third-order valence-corrected chi connectivity index (χ3v) is 7.08. The first-order valence-electron chi connectivity index (χ1n) is 10.7. The summed E-state index contributed by atoms with van der Waals surface area (Å²) in [6.45, 7) is 2.89. The van der Waals surface area contributed by atoms with Crippen LogP contribution in [0, 0.1) is 23.1 Å². The largest absolute Gasteiger partial charge is 0.342 e.